The van der Waals surface area contributed by atoms with Gasteiger partial charge in [-0.2, -0.15) is 0 Å². The van der Waals surface area contributed by atoms with E-state index in [0.717, 1.165) is 5.69 Å². The number of aromatic nitrogens is 2. The van der Waals surface area contributed by atoms with Gasteiger partial charge in [-0.15, -0.1) is 0 Å². The van der Waals surface area contributed by atoms with Crippen LogP contribution in [0.3, 0.4) is 0 Å². The van der Waals surface area contributed by atoms with E-state index in [0.29, 0.717) is 0 Å². The smallest absolute Gasteiger partial charge is 0.0542 e. The number of rotatable bonds is 4. The summed E-state index contributed by atoms with van der Waals surface area (Å²) in [6.45, 7) is 0. The Balaban J connectivity index is 1.16. The molecule has 2 heterocycles. The van der Waals surface area contributed by atoms with Crippen molar-refractivity contribution < 1.29 is 0 Å². The summed E-state index contributed by atoms with van der Waals surface area (Å²) >= 11 is 0. The van der Waals surface area contributed by atoms with Gasteiger partial charge in [-0.25, -0.2) is 0 Å². The molecule has 0 spiro atoms. The molecular weight excluding hydrogens is 532 g/mol. The van der Waals surface area contributed by atoms with Gasteiger partial charge in [0.05, 0.1) is 22.1 Å². The molecule has 0 saturated heterocycles. The van der Waals surface area contributed by atoms with Crippen molar-refractivity contribution in [2.24, 2.45) is 0 Å². The Labute approximate surface area is 255 Å². The van der Waals surface area contributed by atoms with Gasteiger partial charge >= 0.3 is 0 Å². The van der Waals surface area contributed by atoms with E-state index >= 15 is 0 Å². The molecule has 7 aromatic carbocycles. The zero-order valence-electron chi connectivity index (χ0n) is 24.1. The third-order valence-corrected chi connectivity index (χ3v) is 8.95. The lowest BCUT2D eigenvalue weighted by atomic mass is 10.0. The number of fused-ring (bicyclic) bond motifs is 6. The molecule has 0 atom stereocenters. The lowest BCUT2D eigenvalue weighted by Gasteiger charge is -2.11. The highest BCUT2D eigenvalue weighted by Gasteiger charge is 2.16. The molecule has 0 saturated carbocycles. The van der Waals surface area contributed by atoms with Crippen molar-refractivity contribution in [2.75, 3.05) is 0 Å². The molecule has 0 aliphatic carbocycles. The van der Waals surface area contributed by atoms with Crippen LogP contribution in [0.25, 0.3) is 77.2 Å². The van der Waals surface area contributed by atoms with Crippen LogP contribution in [-0.4, -0.2) is 9.13 Å². The van der Waals surface area contributed by atoms with Crippen molar-refractivity contribution in [1.82, 2.24) is 9.13 Å². The molecule has 2 aromatic heterocycles. The first-order chi connectivity index (χ1) is 21.8. The minimum atomic E-state index is 1.16. The van der Waals surface area contributed by atoms with Crippen LogP contribution >= 0.6 is 0 Å². The van der Waals surface area contributed by atoms with Crippen LogP contribution in [-0.2, 0) is 0 Å². The molecule has 9 rings (SSSR count). The van der Waals surface area contributed by atoms with Gasteiger partial charge in [0, 0.05) is 32.9 Å². The molecule has 0 fully saturated rings. The topological polar surface area (TPSA) is 9.86 Å². The summed E-state index contributed by atoms with van der Waals surface area (Å²) in [6.07, 6.45) is 0. The molecule has 44 heavy (non-hydrogen) atoms. The molecule has 0 unspecified atom stereocenters. The molecule has 0 aliphatic rings. The van der Waals surface area contributed by atoms with Crippen LogP contribution in [0, 0.1) is 0 Å². The van der Waals surface area contributed by atoms with Crippen molar-refractivity contribution in [3.05, 3.63) is 170 Å². The SMILES string of the molecule is c1ccc(-c2ccc(-c3ccc(-n4c5ccccc5c5cc(-n6c7ccccc7c7ccccc76)ccc54)cc3)cc2)cc1. The predicted molar refractivity (Wildman–Crippen MR) is 186 cm³/mol. The monoisotopic (exact) mass is 560 g/mol. The second-order valence-corrected chi connectivity index (χ2v) is 11.4. The van der Waals surface area contributed by atoms with Crippen LogP contribution in [0.1, 0.15) is 0 Å². The maximum absolute atomic E-state index is 2.40. The van der Waals surface area contributed by atoms with Gasteiger partial charge in [-0.05, 0) is 70.8 Å². The Morgan fingerprint density at radius 3 is 1.16 bits per heavy atom. The Bertz CT molecular complexity index is 2410. The zero-order chi connectivity index (χ0) is 29.0. The molecule has 0 N–H and O–H groups in total. The second kappa shape index (κ2) is 9.86. The van der Waals surface area contributed by atoms with Gasteiger partial charge in [0.15, 0.2) is 0 Å². The van der Waals surface area contributed by atoms with Crippen molar-refractivity contribution in [3.63, 3.8) is 0 Å². The van der Waals surface area contributed by atoms with Gasteiger partial charge in [-0.3, -0.25) is 0 Å². The zero-order valence-corrected chi connectivity index (χ0v) is 24.1. The molecule has 0 aliphatic heterocycles. The minimum Gasteiger partial charge on any atom is -0.309 e. The number of benzene rings is 7. The van der Waals surface area contributed by atoms with Crippen LogP contribution in [0.15, 0.2) is 170 Å². The van der Waals surface area contributed by atoms with Gasteiger partial charge in [-0.1, -0.05) is 121 Å². The highest BCUT2D eigenvalue weighted by Crippen LogP contribution is 2.37. The average molecular weight is 561 g/mol. The van der Waals surface area contributed by atoms with E-state index in [1.54, 1.807) is 0 Å². The third kappa shape index (κ3) is 3.82. The quantitative estimate of drug-likeness (QED) is 0.203. The maximum atomic E-state index is 2.40. The highest BCUT2D eigenvalue weighted by molar-refractivity contribution is 6.12. The van der Waals surface area contributed by atoms with Crippen LogP contribution in [0.4, 0.5) is 0 Å². The first kappa shape index (κ1) is 24.7. The van der Waals surface area contributed by atoms with E-state index in [-0.39, 0.29) is 0 Å². The normalized spacial score (nSPS) is 11.6. The Morgan fingerprint density at radius 2 is 0.614 bits per heavy atom. The molecule has 0 bridgehead atoms. The van der Waals surface area contributed by atoms with Crippen LogP contribution in [0.5, 0.6) is 0 Å². The molecule has 2 nitrogen and oxygen atoms in total. The molecular formula is C42H28N2. The van der Waals surface area contributed by atoms with Crippen molar-refractivity contribution in [3.8, 4) is 33.6 Å². The van der Waals surface area contributed by atoms with E-state index < -0.39 is 0 Å². The Kier molecular flexibility index (Phi) is 5.54. The second-order valence-electron chi connectivity index (χ2n) is 11.4. The summed E-state index contributed by atoms with van der Waals surface area (Å²) in [6, 6.07) is 61.4. The summed E-state index contributed by atoms with van der Waals surface area (Å²) < 4.78 is 4.79. The van der Waals surface area contributed by atoms with E-state index in [9.17, 15) is 0 Å². The summed E-state index contributed by atoms with van der Waals surface area (Å²) in [5.74, 6) is 0. The van der Waals surface area contributed by atoms with Gasteiger partial charge in [0.2, 0.25) is 0 Å². The Morgan fingerprint density at radius 1 is 0.250 bits per heavy atom. The fourth-order valence-corrected chi connectivity index (χ4v) is 6.87. The van der Waals surface area contributed by atoms with Crippen molar-refractivity contribution in [2.45, 2.75) is 0 Å². The van der Waals surface area contributed by atoms with Gasteiger partial charge in [0.1, 0.15) is 0 Å². The van der Waals surface area contributed by atoms with Crippen LogP contribution < -0.4 is 0 Å². The fourth-order valence-electron chi connectivity index (χ4n) is 6.87. The molecule has 206 valence electrons. The summed E-state index contributed by atoms with van der Waals surface area (Å²) in [5.41, 5.74) is 12.1. The summed E-state index contributed by atoms with van der Waals surface area (Å²) in [4.78, 5) is 0. The van der Waals surface area contributed by atoms with Gasteiger partial charge in [0.25, 0.3) is 0 Å². The summed E-state index contributed by atoms with van der Waals surface area (Å²) in [5, 5.41) is 5.06. The minimum absolute atomic E-state index is 1.16. The van der Waals surface area contributed by atoms with E-state index in [1.165, 1.54) is 71.6 Å². The maximum Gasteiger partial charge on any atom is 0.0542 e. The predicted octanol–water partition coefficient (Wildman–Crippen LogP) is 11.2. The number of hydrogen-bond acceptors (Lipinski definition) is 0. The molecule has 9 aromatic rings. The molecule has 0 amide bonds. The lowest BCUT2D eigenvalue weighted by molar-refractivity contribution is 1.17. The van der Waals surface area contributed by atoms with Crippen molar-refractivity contribution >= 4 is 43.6 Å². The highest BCUT2D eigenvalue weighted by atomic mass is 15.0. The lowest BCUT2D eigenvalue weighted by Crippen LogP contribution is -1.95. The fraction of sp³-hybridized carbons (Fsp3) is 0. The average Bonchev–Trinajstić information content (AvgIpc) is 3.61. The van der Waals surface area contributed by atoms with E-state index in [2.05, 4.69) is 179 Å². The Hall–Kier alpha value is -5.86. The third-order valence-electron chi connectivity index (χ3n) is 8.95. The summed E-state index contributed by atoms with van der Waals surface area (Å²) in [7, 11) is 0. The number of para-hydroxylation sites is 3. The number of nitrogens with zero attached hydrogens (tertiary/aromatic N) is 2. The molecule has 2 heteroatoms. The van der Waals surface area contributed by atoms with E-state index in [1.807, 2.05) is 0 Å². The van der Waals surface area contributed by atoms with E-state index in [4.69, 9.17) is 0 Å². The largest absolute Gasteiger partial charge is 0.309 e. The standard InChI is InChI=1S/C42H28N2/c1-2-10-29(11-3-1)30-18-20-31(21-19-30)32-22-24-33(25-23-32)43-41-17-9-6-14-37(41)38-28-34(26-27-42(38)43)44-39-15-7-4-12-35(39)36-13-5-8-16-40(36)44/h1-28H. The van der Waals surface area contributed by atoms with Gasteiger partial charge < -0.3 is 9.13 Å². The van der Waals surface area contributed by atoms with Crippen molar-refractivity contribution in [1.29, 1.82) is 0 Å². The first-order valence-electron chi connectivity index (χ1n) is 15.1. The first-order valence-corrected chi connectivity index (χ1v) is 15.1. The molecule has 0 radical (unpaired) electrons. The van der Waals surface area contributed by atoms with Crippen LogP contribution in [0.2, 0.25) is 0 Å². The number of hydrogen-bond donors (Lipinski definition) is 0.